The minimum atomic E-state index is -3.50. The molecule has 0 radical (unpaired) electrons. The predicted molar refractivity (Wildman–Crippen MR) is 70.5 cm³/mol. The summed E-state index contributed by atoms with van der Waals surface area (Å²) in [5.41, 5.74) is 5.42. The smallest absolute Gasteiger partial charge is 0.259 e. The molecule has 0 aliphatic heterocycles. The molecule has 0 aliphatic rings. The van der Waals surface area contributed by atoms with Crippen LogP contribution in [-0.2, 0) is 10.0 Å². The molecule has 104 valence electrons. The van der Waals surface area contributed by atoms with Gasteiger partial charge in [-0.25, -0.2) is 8.42 Å². The molecule has 7 heteroatoms. The number of sulfonamides is 1. The number of nitrogens with one attached hydrogen (secondary N) is 1. The minimum absolute atomic E-state index is 0.128. The summed E-state index contributed by atoms with van der Waals surface area (Å²) < 4.78 is 26.2. The molecule has 0 bridgehead atoms. The first kappa shape index (κ1) is 15.1. The Balaban J connectivity index is 2.99. The SMILES string of the molecule is CCCN(CC(C)(C)CN)S(=O)(=O)c1ccn[nH]1. The highest BCUT2D eigenvalue weighted by Crippen LogP contribution is 2.21. The zero-order chi connectivity index (χ0) is 13.8. The van der Waals surface area contributed by atoms with Crippen molar-refractivity contribution in [2.75, 3.05) is 19.6 Å². The Morgan fingerprint density at radius 3 is 2.61 bits per heavy atom. The van der Waals surface area contributed by atoms with Gasteiger partial charge in [0.1, 0.15) is 0 Å². The van der Waals surface area contributed by atoms with Crippen LogP contribution in [0.2, 0.25) is 0 Å². The molecule has 18 heavy (non-hydrogen) atoms. The molecule has 0 fully saturated rings. The molecule has 1 rings (SSSR count). The number of H-pyrrole nitrogens is 1. The lowest BCUT2D eigenvalue weighted by Gasteiger charge is -2.30. The third-order valence-electron chi connectivity index (χ3n) is 2.72. The number of nitrogens with two attached hydrogens (primary N) is 1. The Bertz CT molecular complexity index is 453. The second-order valence-electron chi connectivity index (χ2n) is 5.13. The summed E-state index contributed by atoms with van der Waals surface area (Å²) in [6, 6.07) is 1.47. The highest BCUT2D eigenvalue weighted by molar-refractivity contribution is 7.89. The molecule has 1 heterocycles. The van der Waals surface area contributed by atoms with Crippen molar-refractivity contribution in [1.82, 2.24) is 14.5 Å². The van der Waals surface area contributed by atoms with E-state index in [1.54, 1.807) is 0 Å². The topological polar surface area (TPSA) is 92.1 Å². The molecule has 1 aromatic heterocycles. The van der Waals surface area contributed by atoms with E-state index in [0.29, 0.717) is 19.6 Å². The lowest BCUT2D eigenvalue weighted by Crippen LogP contribution is -2.42. The third-order valence-corrected chi connectivity index (χ3v) is 4.50. The van der Waals surface area contributed by atoms with Gasteiger partial charge >= 0.3 is 0 Å². The number of rotatable bonds is 7. The highest BCUT2D eigenvalue weighted by atomic mass is 32.2. The molecule has 0 unspecified atom stereocenters. The van der Waals surface area contributed by atoms with E-state index in [1.165, 1.54) is 16.6 Å². The molecule has 3 N–H and O–H groups in total. The fourth-order valence-electron chi connectivity index (χ4n) is 1.60. The summed E-state index contributed by atoms with van der Waals surface area (Å²) >= 11 is 0. The minimum Gasteiger partial charge on any atom is -0.330 e. The van der Waals surface area contributed by atoms with Crippen LogP contribution in [0.25, 0.3) is 0 Å². The normalized spacial score (nSPS) is 13.2. The predicted octanol–water partition coefficient (Wildman–Crippen LogP) is 0.795. The molecule has 0 aliphatic carbocycles. The number of hydrogen-bond acceptors (Lipinski definition) is 4. The molecular formula is C11H22N4O2S. The van der Waals surface area contributed by atoms with Crippen molar-refractivity contribution >= 4 is 10.0 Å². The average molecular weight is 274 g/mol. The van der Waals surface area contributed by atoms with Crippen LogP contribution in [0.5, 0.6) is 0 Å². The molecular weight excluding hydrogens is 252 g/mol. The zero-order valence-corrected chi connectivity index (χ0v) is 12.0. The van der Waals surface area contributed by atoms with Gasteiger partial charge in [-0.1, -0.05) is 20.8 Å². The van der Waals surface area contributed by atoms with Crippen LogP contribution in [0.15, 0.2) is 17.3 Å². The van der Waals surface area contributed by atoms with E-state index in [-0.39, 0.29) is 10.4 Å². The number of aromatic amines is 1. The van der Waals surface area contributed by atoms with Crippen LogP contribution in [0.4, 0.5) is 0 Å². The second kappa shape index (κ2) is 5.81. The quantitative estimate of drug-likeness (QED) is 0.769. The van der Waals surface area contributed by atoms with Crippen LogP contribution in [-0.4, -0.2) is 42.6 Å². The average Bonchev–Trinajstić information content (AvgIpc) is 2.82. The maximum absolute atomic E-state index is 12.4. The van der Waals surface area contributed by atoms with Crippen LogP contribution in [0.1, 0.15) is 27.2 Å². The first-order valence-corrected chi connectivity index (χ1v) is 7.47. The van der Waals surface area contributed by atoms with Crippen LogP contribution in [0.3, 0.4) is 0 Å². The number of hydrogen-bond donors (Lipinski definition) is 2. The van der Waals surface area contributed by atoms with E-state index >= 15 is 0 Å². The van der Waals surface area contributed by atoms with Gasteiger partial charge < -0.3 is 5.73 Å². The van der Waals surface area contributed by atoms with Gasteiger partial charge in [-0.15, -0.1) is 0 Å². The van der Waals surface area contributed by atoms with E-state index < -0.39 is 10.0 Å². The monoisotopic (exact) mass is 274 g/mol. The second-order valence-corrected chi connectivity index (χ2v) is 7.03. The molecule has 0 spiro atoms. The summed E-state index contributed by atoms with van der Waals surface area (Å²) in [5.74, 6) is 0. The van der Waals surface area contributed by atoms with E-state index in [0.717, 1.165) is 6.42 Å². The lowest BCUT2D eigenvalue weighted by molar-refractivity contribution is 0.266. The van der Waals surface area contributed by atoms with Crippen molar-refractivity contribution in [3.8, 4) is 0 Å². The van der Waals surface area contributed by atoms with Crippen LogP contribution < -0.4 is 5.73 Å². The molecule has 0 saturated heterocycles. The Morgan fingerprint density at radius 2 is 2.17 bits per heavy atom. The molecule has 1 aromatic rings. The van der Waals surface area contributed by atoms with Crippen molar-refractivity contribution in [2.45, 2.75) is 32.2 Å². The van der Waals surface area contributed by atoms with Gasteiger partial charge in [-0.2, -0.15) is 9.40 Å². The zero-order valence-electron chi connectivity index (χ0n) is 11.2. The van der Waals surface area contributed by atoms with E-state index in [1.807, 2.05) is 20.8 Å². The lowest BCUT2D eigenvalue weighted by atomic mass is 9.94. The van der Waals surface area contributed by atoms with E-state index in [9.17, 15) is 8.42 Å². The standard InChI is InChI=1S/C11H22N4O2S/c1-4-7-15(9-11(2,3)8-12)18(16,17)10-5-6-13-14-10/h5-6H,4,7-9,12H2,1-3H3,(H,13,14). The molecule has 0 aromatic carbocycles. The summed E-state index contributed by atoms with van der Waals surface area (Å²) in [6.07, 6.45) is 2.19. The summed E-state index contributed by atoms with van der Waals surface area (Å²) in [4.78, 5) is 0. The maximum atomic E-state index is 12.4. The van der Waals surface area contributed by atoms with Crippen molar-refractivity contribution in [1.29, 1.82) is 0 Å². The highest BCUT2D eigenvalue weighted by Gasteiger charge is 2.30. The van der Waals surface area contributed by atoms with Gasteiger partial charge in [-0.05, 0) is 24.4 Å². The van der Waals surface area contributed by atoms with Gasteiger partial charge in [0.2, 0.25) is 0 Å². The summed E-state index contributed by atoms with van der Waals surface area (Å²) in [5, 5.41) is 6.33. The first-order valence-electron chi connectivity index (χ1n) is 6.03. The van der Waals surface area contributed by atoms with E-state index in [4.69, 9.17) is 5.73 Å². The van der Waals surface area contributed by atoms with Gasteiger partial charge in [-0.3, -0.25) is 5.10 Å². The number of aromatic nitrogens is 2. The van der Waals surface area contributed by atoms with Gasteiger partial charge in [0.05, 0.1) is 6.20 Å². The molecule has 0 amide bonds. The van der Waals surface area contributed by atoms with Crippen LogP contribution >= 0.6 is 0 Å². The molecule has 0 saturated carbocycles. The van der Waals surface area contributed by atoms with Crippen LogP contribution in [0, 0.1) is 5.41 Å². The Morgan fingerprint density at radius 1 is 1.50 bits per heavy atom. The summed E-state index contributed by atoms with van der Waals surface area (Å²) in [6.45, 7) is 7.18. The summed E-state index contributed by atoms with van der Waals surface area (Å²) in [7, 11) is -3.50. The van der Waals surface area contributed by atoms with Crippen molar-refractivity contribution in [3.05, 3.63) is 12.3 Å². The van der Waals surface area contributed by atoms with Crippen molar-refractivity contribution in [2.24, 2.45) is 11.1 Å². The fraction of sp³-hybridized carbons (Fsp3) is 0.727. The third kappa shape index (κ3) is 3.54. The molecule has 0 atom stereocenters. The fourth-order valence-corrected chi connectivity index (χ4v) is 3.22. The largest absolute Gasteiger partial charge is 0.330 e. The van der Waals surface area contributed by atoms with Gasteiger partial charge in [0, 0.05) is 13.1 Å². The van der Waals surface area contributed by atoms with Crippen molar-refractivity contribution in [3.63, 3.8) is 0 Å². The van der Waals surface area contributed by atoms with Gasteiger partial charge in [0.15, 0.2) is 5.03 Å². The number of nitrogens with zero attached hydrogens (tertiary/aromatic N) is 2. The Kier molecular flexibility index (Phi) is 4.89. The Hall–Kier alpha value is -0.920. The van der Waals surface area contributed by atoms with Crippen molar-refractivity contribution < 1.29 is 8.42 Å². The maximum Gasteiger partial charge on any atom is 0.259 e. The molecule has 6 nitrogen and oxygen atoms in total. The van der Waals surface area contributed by atoms with E-state index in [2.05, 4.69) is 10.2 Å². The van der Waals surface area contributed by atoms with Gasteiger partial charge in [0.25, 0.3) is 10.0 Å². The Labute approximate surface area is 109 Å². The first-order chi connectivity index (χ1) is 8.33.